The van der Waals surface area contributed by atoms with Crippen molar-refractivity contribution in [1.29, 1.82) is 0 Å². The summed E-state index contributed by atoms with van der Waals surface area (Å²) >= 11 is 0. The lowest BCUT2D eigenvalue weighted by molar-refractivity contribution is -0.125. The monoisotopic (exact) mass is 393 g/mol. The first-order chi connectivity index (χ1) is 12.8. The number of carbonyl (C=O) groups is 1. The second-order valence-electron chi connectivity index (χ2n) is 7.15. The quantitative estimate of drug-likeness (QED) is 0.303. The Kier molecular flexibility index (Phi) is 15.7. The number of ether oxygens (including phenoxy) is 3. The van der Waals surface area contributed by atoms with Gasteiger partial charge in [-0.15, -0.1) is 0 Å². The van der Waals surface area contributed by atoms with Crippen molar-refractivity contribution in [3.05, 3.63) is 0 Å². The van der Waals surface area contributed by atoms with Crippen LogP contribution in [0.4, 0.5) is 4.39 Å². The Balaban J connectivity index is 3.55. The van der Waals surface area contributed by atoms with Crippen molar-refractivity contribution in [2.24, 2.45) is 5.92 Å². The fourth-order valence-corrected chi connectivity index (χ4v) is 2.03. The molecule has 0 rings (SSSR count). The molecule has 0 aliphatic rings. The normalized spacial score (nSPS) is 13.1. The Bertz CT molecular complexity index is 371. The van der Waals surface area contributed by atoms with E-state index in [2.05, 4.69) is 22.9 Å². The second kappa shape index (κ2) is 16.2. The molecule has 0 saturated heterocycles. The maximum absolute atomic E-state index is 14.2. The summed E-state index contributed by atoms with van der Waals surface area (Å²) in [6.45, 7) is 14.9. The molecule has 1 amide bonds. The van der Waals surface area contributed by atoms with Crippen LogP contribution in [0.15, 0.2) is 0 Å². The molecular formula is C19H40FN3O4. The van der Waals surface area contributed by atoms with Gasteiger partial charge >= 0.3 is 0 Å². The van der Waals surface area contributed by atoms with E-state index < -0.39 is 11.8 Å². The van der Waals surface area contributed by atoms with E-state index in [9.17, 15) is 9.18 Å². The van der Waals surface area contributed by atoms with Crippen LogP contribution in [0.2, 0.25) is 0 Å². The standard InChI is InChI=1S/C19H40FN3O4/c1-6-21-7-10-25-11-8-22-9-12-26-13-14-27-19(4,5)17(20)15-23-18(24)16(2)3/h16-17,21-22H,6-15H2,1-5H3,(H,23,24). The van der Waals surface area contributed by atoms with Gasteiger partial charge in [0.05, 0.1) is 45.2 Å². The average molecular weight is 394 g/mol. The van der Waals surface area contributed by atoms with Gasteiger partial charge in [-0.1, -0.05) is 20.8 Å². The van der Waals surface area contributed by atoms with E-state index in [4.69, 9.17) is 14.2 Å². The summed E-state index contributed by atoms with van der Waals surface area (Å²) in [4.78, 5) is 11.5. The summed E-state index contributed by atoms with van der Waals surface area (Å²) in [7, 11) is 0. The highest BCUT2D eigenvalue weighted by molar-refractivity contribution is 5.77. The predicted octanol–water partition coefficient (Wildman–Crippen LogP) is 1.12. The molecular weight excluding hydrogens is 353 g/mol. The third-order valence-corrected chi connectivity index (χ3v) is 3.96. The molecule has 0 aromatic heterocycles. The number of hydrogen-bond donors (Lipinski definition) is 3. The van der Waals surface area contributed by atoms with Crippen LogP contribution < -0.4 is 16.0 Å². The van der Waals surface area contributed by atoms with Gasteiger partial charge in [0.2, 0.25) is 5.91 Å². The molecule has 0 aromatic rings. The maximum atomic E-state index is 14.2. The van der Waals surface area contributed by atoms with Gasteiger partial charge in [0.15, 0.2) is 0 Å². The van der Waals surface area contributed by atoms with Crippen molar-refractivity contribution in [3.8, 4) is 0 Å². The molecule has 0 saturated carbocycles. The number of halogens is 1. The van der Waals surface area contributed by atoms with E-state index in [1.54, 1.807) is 27.7 Å². The number of carbonyl (C=O) groups excluding carboxylic acids is 1. The fraction of sp³-hybridized carbons (Fsp3) is 0.947. The van der Waals surface area contributed by atoms with Gasteiger partial charge in [-0.2, -0.15) is 0 Å². The van der Waals surface area contributed by atoms with Gasteiger partial charge in [-0.05, 0) is 20.4 Å². The lowest BCUT2D eigenvalue weighted by Gasteiger charge is -2.29. The number of hydrogen-bond acceptors (Lipinski definition) is 6. The zero-order valence-electron chi connectivity index (χ0n) is 17.7. The second-order valence-corrected chi connectivity index (χ2v) is 7.15. The average Bonchev–Trinajstić information content (AvgIpc) is 2.62. The summed E-state index contributed by atoms with van der Waals surface area (Å²) in [5, 5.41) is 9.01. The molecule has 27 heavy (non-hydrogen) atoms. The Hall–Kier alpha value is -0.800. The van der Waals surface area contributed by atoms with Gasteiger partial charge in [-0.3, -0.25) is 4.79 Å². The van der Waals surface area contributed by atoms with Crippen LogP contribution in [-0.4, -0.2) is 83.4 Å². The number of alkyl halides is 1. The van der Waals surface area contributed by atoms with Crippen molar-refractivity contribution in [1.82, 2.24) is 16.0 Å². The highest BCUT2D eigenvalue weighted by Crippen LogP contribution is 2.17. The van der Waals surface area contributed by atoms with Crippen LogP contribution in [0.25, 0.3) is 0 Å². The number of amides is 1. The van der Waals surface area contributed by atoms with Crippen molar-refractivity contribution < 1.29 is 23.4 Å². The lowest BCUT2D eigenvalue weighted by atomic mass is 10.0. The molecule has 1 atom stereocenters. The first kappa shape index (κ1) is 26.2. The molecule has 0 bridgehead atoms. The molecule has 162 valence electrons. The minimum absolute atomic E-state index is 0.0502. The molecule has 0 aromatic carbocycles. The smallest absolute Gasteiger partial charge is 0.222 e. The highest BCUT2D eigenvalue weighted by atomic mass is 19.1. The maximum Gasteiger partial charge on any atom is 0.222 e. The predicted molar refractivity (Wildman–Crippen MR) is 106 cm³/mol. The minimum Gasteiger partial charge on any atom is -0.379 e. The topological polar surface area (TPSA) is 80.8 Å². The molecule has 7 nitrogen and oxygen atoms in total. The fourth-order valence-electron chi connectivity index (χ4n) is 2.03. The van der Waals surface area contributed by atoms with E-state index in [0.29, 0.717) is 26.4 Å². The summed E-state index contributed by atoms with van der Waals surface area (Å²) in [5.41, 5.74) is -0.976. The van der Waals surface area contributed by atoms with Crippen LogP contribution in [0.1, 0.15) is 34.6 Å². The first-order valence-corrected chi connectivity index (χ1v) is 9.94. The molecule has 0 spiro atoms. The van der Waals surface area contributed by atoms with Gasteiger partial charge < -0.3 is 30.2 Å². The van der Waals surface area contributed by atoms with E-state index in [1.807, 2.05) is 0 Å². The van der Waals surface area contributed by atoms with Gasteiger partial charge in [0.25, 0.3) is 0 Å². The van der Waals surface area contributed by atoms with Crippen LogP contribution >= 0.6 is 0 Å². The largest absolute Gasteiger partial charge is 0.379 e. The molecule has 8 heteroatoms. The molecule has 0 aliphatic carbocycles. The summed E-state index contributed by atoms with van der Waals surface area (Å²) in [5.74, 6) is -0.319. The lowest BCUT2D eigenvalue weighted by Crippen LogP contribution is -2.45. The van der Waals surface area contributed by atoms with Crippen LogP contribution in [0, 0.1) is 5.92 Å². The van der Waals surface area contributed by atoms with Gasteiger partial charge in [0, 0.05) is 25.6 Å². The molecule has 0 aliphatic heterocycles. The summed E-state index contributed by atoms with van der Waals surface area (Å²) in [6.07, 6.45) is -1.28. The Morgan fingerprint density at radius 3 is 2.07 bits per heavy atom. The molecule has 0 fully saturated rings. The third kappa shape index (κ3) is 14.9. The van der Waals surface area contributed by atoms with E-state index in [0.717, 1.165) is 32.8 Å². The molecule has 1 unspecified atom stereocenters. The van der Waals surface area contributed by atoms with Gasteiger partial charge in [0.1, 0.15) is 6.17 Å². The zero-order valence-corrected chi connectivity index (χ0v) is 17.7. The third-order valence-electron chi connectivity index (χ3n) is 3.96. The molecule has 0 radical (unpaired) electrons. The van der Waals surface area contributed by atoms with Crippen molar-refractivity contribution in [3.63, 3.8) is 0 Å². The number of nitrogens with one attached hydrogen (secondary N) is 3. The van der Waals surface area contributed by atoms with Crippen molar-refractivity contribution >= 4 is 5.91 Å². The Morgan fingerprint density at radius 1 is 0.963 bits per heavy atom. The molecule has 0 heterocycles. The highest BCUT2D eigenvalue weighted by Gasteiger charge is 2.30. The van der Waals surface area contributed by atoms with Gasteiger partial charge in [-0.25, -0.2) is 4.39 Å². The Labute approximate surface area is 164 Å². The van der Waals surface area contributed by atoms with Crippen LogP contribution in [0.3, 0.4) is 0 Å². The van der Waals surface area contributed by atoms with Crippen molar-refractivity contribution in [2.75, 3.05) is 65.8 Å². The SMILES string of the molecule is CCNCCOCCNCCOCCOC(C)(C)C(F)CNC(=O)C(C)C. The summed E-state index contributed by atoms with van der Waals surface area (Å²) in [6, 6.07) is 0. The minimum atomic E-state index is -1.28. The van der Waals surface area contributed by atoms with Crippen LogP contribution in [0.5, 0.6) is 0 Å². The number of likely N-dealkylation sites (N-methyl/N-ethyl adjacent to an activating group) is 1. The first-order valence-electron chi connectivity index (χ1n) is 9.94. The zero-order chi connectivity index (χ0) is 20.5. The number of rotatable bonds is 18. The van der Waals surface area contributed by atoms with Crippen LogP contribution in [-0.2, 0) is 19.0 Å². The van der Waals surface area contributed by atoms with Crippen molar-refractivity contribution in [2.45, 2.75) is 46.4 Å². The Morgan fingerprint density at radius 2 is 1.52 bits per heavy atom. The van der Waals surface area contributed by atoms with E-state index in [1.165, 1.54) is 0 Å². The van der Waals surface area contributed by atoms with E-state index >= 15 is 0 Å². The van der Waals surface area contributed by atoms with E-state index in [-0.39, 0.29) is 18.4 Å². The molecule has 3 N–H and O–H groups in total. The summed E-state index contributed by atoms with van der Waals surface area (Å²) < 4.78 is 30.7.